The third kappa shape index (κ3) is 3.66. The van der Waals surface area contributed by atoms with Crippen LogP contribution in [-0.2, 0) is 0 Å². The molecule has 0 saturated heterocycles. The molecule has 0 aliphatic heterocycles. The van der Waals surface area contributed by atoms with E-state index in [1.54, 1.807) is 0 Å². The lowest BCUT2D eigenvalue weighted by Crippen LogP contribution is -2.22. The molecule has 0 aromatic heterocycles. The van der Waals surface area contributed by atoms with Crippen molar-refractivity contribution in [3.63, 3.8) is 0 Å². The Kier molecular flexibility index (Phi) is 4.09. The Labute approximate surface area is 122 Å². The molecule has 21 heavy (non-hydrogen) atoms. The van der Waals surface area contributed by atoms with Gasteiger partial charge in [-0.25, -0.2) is 0 Å². The smallest absolute Gasteiger partial charge is 0.545 e. The average molecular weight is 316 g/mol. The molecule has 0 saturated carbocycles. The van der Waals surface area contributed by atoms with Crippen molar-refractivity contribution in [2.24, 2.45) is 0 Å². The van der Waals surface area contributed by atoms with Crippen molar-refractivity contribution in [1.82, 2.24) is 0 Å². The van der Waals surface area contributed by atoms with Crippen molar-refractivity contribution >= 4 is 17.6 Å². The van der Waals surface area contributed by atoms with Crippen LogP contribution in [0, 0.1) is 0 Å². The summed E-state index contributed by atoms with van der Waals surface area (Å²) < 4.78 is 41.0. The van der Waals surface area contributed by atoms with Crippen LogP contribution in [0.2, 0.25) is 5.02 Å². The van der Waals surface area contributed by atoms with Crippen molar-refractivity contribution < 1.29 is 27.8 Å². The van der Waals surface area contributed by atoms with Gasteiger partial charge in [-0.3, -0.25) is 0 Å². The minimum atomic E-state index is -4.83. The van der Waals surface area contributed by atoms with Crippen LogP contribution in [0.4, 0.5) is 13.2 Å². The van der Waals surface area contributed by atoms with E-state index in [9.17, 15) is 23.1 Å². The maximum Gasteiger partial charge on any atom is 0.573 e. The quantitative estimate of drug-likeness (QED) is 0.873. The molecule has 0 atom stereocenters. The van der Waals surface area contributed by atoms with Gasteiger partial charge < -0.3 is 14.6 Å². The van der Waals surface area contributed by atoms with Crippen molar-refractivity contribution in [3.05, 3.63) is 53.1 Å². The second-order valence-electron chi connectivity index (χ2n) is 4.03. The number of para-hydroxylation sites is 1. The van der Waals surface area contributed by atoms with Crippen molar-refractivity contribution in [1.29, 1.82) is 0 Å². The molecule has 2 aromatic carbocycles. The van der Waals surface area contributed by atoms with E-state index in [-0.39, 0.29) is 16.1 Å². The molecule has 7 heteroatoms. The summed E-state index contributed by atoms with van der Waals surface area (Å²) >= 11 is 5.78. The van der Waals surface area contributed by atoms with Crippen LogP contribution < -0.4 is 9.84 Å². The second kappa shape index (κ2) is 5.65. The van der Waals surface area contributed by atoms with Crippen molar-refractivity contribution in [3.8, 4) is 16.9 Å². The fourth-order valence-electron chi connectivity index (χ4n) is 1.77. The minimum absolute atomic E-state index is 0.130. The minimum Gasteiger partial charge on any atom is -0.545 e. The first-order valence-corrected chi connectivity index (χ1v) is 6.02. The number of halogens is 4. The number of hydrogen-bond donors (Lipinski definition) is 0. The standard InChI is InChI=1S/C14H8ClF3O3/c15-11-7-8(5-6-10(11)13(19)20)9-3-1-2-4-12(9)21-14(16,17)18/h1-7H,(H,19,20)/p-1. The van der Waals surface area contributed by atoms with Gasteiger partial charge in [0.1, 0.15) is 5.75 Å². The van der Waals surface area contributed by atoms with E-state index in [2.05, 4.69) is 4.74 Å². The molecule has 0 aliphatic carbocycles. The first kappa shape index (κ1) is 15.2. The van der Waals surface area contributed by atoms with Gasteiger partial charge in [0.05, 0.1) is 11.0 Å². The third-order valence-corrected chi connectivity index (χ3v) is 2.93. The second-order valence-corrected chi connectivity index (χ2v) is 4.43. The molecule has 0 N–H and O–H groups in total. The number of aromatic carboxylic acids is 1. The summed E-state index contributed by atoms with van der Waals surface area (Å²) in [6.07, 6.45) is -4.83. The molecule has 2 aromatic rings. The van der Waals surface area contributed by atoms with Gasteiger partial charge in [-0.05, 0) is 17.7 Å². The SMILES string of the molecule is O=C([O-])c1ccc(-c2ccccc2OC(F)(F)F)cc1Cl. The molecule has 0 radical (unpaired) electrons. The topological polar surface area (TPSA) is 49.4 Å². The Balaban J connectivity index is 2.47. The summed E-state index contributed by atoms with van der Waals surface area (Å²) in [5.74, 6) is -1.87. The molecule has 0 spiro atoms. The molecule has 0 fully saturated rings. The van der Waals surface area contributed by atoms with Crippen LogP contribution in [0.1, 0.15) is 10.4 Å². The highest BCUT2D eigenvalue weighted by Crippen LogP contribution is 2.35. The van der Waals surface area contributed by atoms with Crippen LogP contribution >= 0.6 is 11.6 Å². The molecule has 3 nitrogen and oxygen atoms in total. The van der Waals surface area contributed by atoms with Gasteiger partial charge in [-0.2, -0.15) is 0 Å². The Morgan fingerprint density at radius 1 is 1.14 bits per heavy atom. The first-order chi connectivity index (χ1) is 9.78. The normalized spacial score (nSPS) is 11.2. The summed E-state index contributed by atoms with van der Waals surface area (Å²) in [5, 5.41) is 10.6. The summed E-state index contributed by atoms with van der Waals surface area (Å²) in [7, 11) is 0. The maximum absolute atomic E-state index is 12.4. The lowest BCUT2D eigenvalue weighted by Gasteiger charge is -2.14. The van der Waals surface area contributed by atoms with Gasteiger partial charge in [0, 0.05) is 11.1 Å². The van der Waals surface area contributed by atoms with Gasteiger partial charge in [0.25, 0.3) is 0 Å². The van der Waals surface area contributed by atoms with Crippen LogP contribution in [0.5, 0.6) is 5.75 Å². The van der Waals surface area contributed by atoms with E-state index in [0.29, 0.717) is 5.56 Å². The van der Waals surface area contributed by atoms with Crippen molar-refractivity contribution in [2.45, 2.75) is 6.36 Å². The largest absolute Gasteiger partial charge is 0.573 e. The fraction of sp³-hybridized carbons (Fsp3) is 0.0714. The zero-order valence-corrected chi connectivity index (χ0v) is 11.0. The molecule has 0 unspecified atom stereocenters. The summed E-state index contributed by atoms with van der Waals surface area (Å²) in [4.78, 5) is 10.8. The maximum atomic E-state index is 12.4. The van der Waals surface area contributed by atoms with E-state index >= 15 is 0 Å². The first-order valence-electron chi connectivity index (χ1n) is 5.64. The number of rotatable bonds is 3. The van der Waals surface area contributed by atoms with Crippen LogP contribution in [0.15, 0.2) is 42.5 Å². The Morgan fingerprint density at radius 3 is 2.38 bits per heavy atom. The molecule has 0 bridgehead atoms. The van der Waals surface area contributed by atoms with Gasteiger partial charge in [0.15, 0.2) is 0 Å². The highest BCUT2D eigenvalue weighted by atomic mass is 35.5. The van der Waals surface area contributed by atoms with E-state index < -0.39 is 18.1 Å². The van der Waals surface area contributed by atoms with E-state index in [1.165, 1.54) is 30.3 Å². The molecule has 0 aliphatic rings. The Morgan fingerprint density at radius 2 is 1.81 bits per heavy atom. The third-order valence-electron chi connectivity index (χ3n) is 2.61. The summed E-state index contributed by atoms with van der Waals surface area (Å²) in [6, 6.07) is 9.22. The lowest BCUT2D eigenvalue weighted by atomic mass is 10.0. The molecular formula is C14H7ClF3O3-. The number of carbonyl (C=O) groups excluding carboxylic acids is 1. The van der Waals surface area contributed by atoms with Crippen LogP contribution in [0.25, 0.3) is 11.1 Å². The highest BCUT2D eigenvalue weighted by Gasteiger charge is 2.32. The summed E-state index contributed by atoms with van der Waals surface area (Å²) in [5.41, 5.74) is 0.195. The van der Waals surface area contributed by atoms with E-state index in [4.69, 9.17) is 11.6 Å². The van der Waals surface area contributed by atoms with Gasteiger partial charge in [-0.1, -0.05) is 41.9 Å². The molecule has 110 valence electrons. The molecule has 2 rings (SSSR count). The van der Waals surface area contributed by atoms with Crippen molar-refractivity contribution in [2.75, 3.05) is 0 Å². The molecular weight excluding hydrogens is 309 g/mol. The number of benzene rings is 2. The Bertz CT molecular complexity index is 683. The monoisotopic (exact) mass is 315 g/mol. The molecule has 0 heterocycles. The zero-order valence-electron chi connectivity index (χ0n) is 10.3. The number of alkyl halides is 3. The average Bonchev–Trinajstić information content (AvgIpc) is 2.36. The predicted octanol–water partition coefficient (Wildman–Crippen LogP) is 3.27. The number of carboxylic acids is 1. The predicted molar refractivity (Wildman–Crippen MR) is 67.9 cm³/mol. The molecule has 0 amide bonds. The Hall–Kier alpha value is -2.21. The fourth-order valence-corrected chi connectivity index (χ4v) is 2.02. The number of carbonyl (C=O) groups is 1. The highest BCUT2D eigenvalue weighted by molar-refractivity contribution is 6.33. The van der Waals surface area contributed by atoms with Crippen LogP contribution in [-0.4, -0.2) is 12.3 Å². The lowest BCUT2D eigenvalue weighted by molar-refractivity contribution is -0.274. The van der Waals surface area contributed by atoms with Gasteiger partial charge in [-0.15, -0.1) is 13.2 Å². The number of carboxylic acid groups (broad SMARTS) is 1. The number of hydrogen-bond acceptors (Lipinski definition) is 3. The van der Waals surface area contributed by atoms with Gasteiger partial charge >= 0.3 is 6.36 Å². The van der Waals surface area contributed by atoms with E-state index in [0.717, 1.165) is 12.1 Å². The van der Waals surface area contributed by atoms with Gasteiger partial charge in [0.2, 0.25) is 0 Å². The number of ether oxygens (including phenoxy) is 1. The van der Waals surface area contributed by atoms with Crippen LogP contribution in [0.3, 0.4) is 0 Å². The zero-order chi connectivity index (χ0) is 15.6. The van der Waals surface area contributed by atoms with E-state index in [1.807, 2.05) is 0 Å². The summed E-state index contributed by atoms with van der Waals surface area (Å²) in [6.45, 7) is 0.